The van der Waals surface area contributed by atoms with Crippen molar-refractivity contribution >= 4 is 5.84 Å². The molecule has 1 fully saturated rings. The summed E-state index contributed by atoms with van der Waals surface area (Å²) in [6, 6.07) is 0. The summed E-state index contributed by atoms with van der Waals surface area (Å²) in [5, 5.41) is 0. The zero-order valence-electron chi connectivity index (χ0n) is 8.66. The van der Waals surface area contributed by atoms with E-state index in [0.29, 0.717) is 0 Å². The van der Waals surface area contributed by atoms with E-state index in [9.17, 15) is 0 Å². The van der Waals surface area contributed by atoms with E-state index in [1.54, 1.807) is 0 Å². The summed E-state index contributed by atoms with van der Waals surface area (Å²) in [6.45, 7) is 8.02. The lowest BCUT2D eigenvalue weighted by atomic mass is 10.2. The van der Waals surface area contributed by atoms with Crippen LogP contribution in [0, 0.1) is 5.92 Å². The molecule has 74 valence electrons. The SMILES string of the molecule is CC1CCN(CC2=NCCN2C)C1. The normalized spacial score (nSPS) is 29.8. The van der Waals surface area contributed by atoms with E-state index in [1.165, 1.54) is 25.3 Å². The van der Waals surface area contributed by atoms with Gasteiger partial charge < -0.3 is 4.90 Å². The highest BCUT2D eigenvalue weighted by molar-refractivity contribution is 5.85. The second-order valence-corrected chi connectivity index (χ2v) is 4.35. The molecule has 2 heterocycles. The third kappa shape index (κ3) is 2.02. The van der Waals surface area contributed by atoms with Crippen LogP contribution in [0.4, 0.5) is 0 Å². The Bertz CT molecular complexity index is 212. The number of aliphatic imine (C=N–C) groups is 1. The summed E-state index contributed by atoms with van der Waals surface area (Å²) < 4.78 is 0. The monoisotopic (exact) mass is 181 g/mol. The molecular weight excluding hydrogens is 162 g/mol. The Balaban J connectivity index is 1.84. The molecule has 1 unspecified atom stereocenters. The van der Waals surface area contributed by atoms with E-state index in [-0.39, 0.29) is 0 Å². The number of amidine groups is 1. The van der Waals surface area contributed by atoms with Gasteiger partial charge in [0.25, 0.3) is 0 Å². The van der Waals surface area contributed by atoms with Crippen LogP contribution in [0.5, 0.6) is 0 Å². The van der Waals surface area contributed by atoms with Gasteiger partial charge in [0.1, 0.15) is 5.84 Å². The molecule has 0 aliphatic carbocycles. The molecule has 13 heavy (non-hydrogen) atoms. The lowest BCUT2D eigenvalue weighted by Gasteiger charge is -2.20. The zero-order chi connectivity index (χ0) is 9.26. The third-order valence-electron chi connectivity index (χ3n) is 3.04. The smallest absolute Gasteiger partial charge is 0.113 e. The zero-order valence-corrected chi connectivity index (χ0v) is 8.66. The van der Waals surface area contributed by atoms with Crippen molar-refractivity contribution in [3.8, 4) is 0 Å². The van der Waals surface area contributed by atoms with Gasteiger partial charge in [0, 0.05) is 20.1 Å². The molecule has 0 N–H and O–H groups in total. The van der Waals surface area contributed by atoms with Crippen LogP contribution in [0.1, 0.15) is 13.3 Å². The minimum absolute atomic E-state index is 0.882. The fourth-order valence-corrected chi connectivity index (χ4v) is 2.12. The van der Waals surface area contributed by atoms with Crippen LogP contribution in [0.25, 0.3) is 0 Å². The minimum atomic E-state index is 0.882. The maximum absolute atomic E-state index is 4.51. The van der Waals surface area contributed by atoms with E-state index in [0.717, 1.165) is 25.6 Å². The average molecular weight is 181 g/mol. The molecule has 3 nitrogen and oxygen atoms in total. The number of likely N-dealkylation sites (N-methyl/N-ethyl adjacent to an activating group) is 1. The Morgan fingerprint density at radius 1 is 1.46 bits per heavy atom. The van der Waals surface area contributed by atoms with Crippen molar-refractivity contribution in [2.45, 2.75) is 13.3 Å². The Hall–Kier alpha value is -0.570. The van der Waals surface area contributed by atoms with Crippen molar-refractivity contribution in [2.75, 3.05) is 39.8 Å². The molecule has 0 amide bonds. The maximum Gasteiger partial charge on any atom is 0.113 e. The van der Waals surface area contributed by atoms with Crippen LogP contribution >= 0.6 is 0 Å². The maximum atomic E-state index is 4.51. The Morgan fingerprint density at radius 2 is 2.31 bits per heavy atom. The topological polar surface area (TPSA) is 18.8 Å². The standard InChI is InChI=1S/C10H19N3/c1-9-3-5-13(7-9)8-10-11-4-6-12(10)2/h9H,3-8H2,1-2H3. The first-order valence-electron chi connectivity index (χ1n) is 5.22. The molecule has 2 aliphatic rings. The van der Waals surface area contributed by atoms with Crippen LogP contribution in [0.2, 0.25) is 0 Å². The Morgan fingerprint density at radius 3 is 2.85 bits per heavy atom. The van der Waals surface area contributed by atoms with Crippen molar-refractivity contribution in [3.63, 3.8) is 0 Å². The first-order chi connectivity index (χ1) is 6.25. The van der Waals surface area contributed by atoms with E-state index in [1.807, 2.05) is 0 Å². The first-order valence-corrected chi connectivity index (χ1v) is 5.22. The lowest BCUT2D eigenvalue weighted by molar-refractivity contribution is 0.361. The Kier molecular flexibility index (Phi) is 2.54. The predicted molar refractivity (Wildman–Crippen MR) is 55.2 cm³/mol. The summed E-state index contributed by atoms with van der Waals surface area (Å²) in [6.07, 6.45) is 1.36. The van der Waals surface area contributed by atoms with Crippen molar-refractivity contribution in [1.29, 1.82) is 0 Å². The van der Waals surface area contributed by atoms with Crippen molar-refractivity contribution in [3.05, 3.63) is 0 Å². The largest absolute Gasteiger partial charge is 0.360 e. The number of nitrogens with zero attached hydrogens (tertiary/aromatic N) is 3. The minimum Gasteiger partial charge on any atom is -0.360 e. The van der Waals surface area contributed by atoms with Gasteiger partial charge in [-0.05, 0) is 18.9 Å². The lowest BCUT2D eigenvalue weighted by Crippen LogP contribution is -2.35. The van der Waals surface area contributed by atoms with Gasteiger partial charge in [-0.1, -0.05) is 6.92 Å². The molecular formula is C10H19N3. The first kappa shape index (κ1) is 9.00. The van der Waals surface area contributed by atoms with Crippen LogP contribution in [0.15, 0.2) is 4.99 Å². The van der Waals surface area contributed by atoms with E-state index >= 15 is 0 Å². The summed E-state index contributed by atoms with van der Waals surface area (Å²) in [7, 11) is 2.14. The average Bonchev–Trinajstić information content (AvgIpc) is 2.64. The quantitative estimate of drug-likeness (QED) is 0.623. The van der Waals surface area contributed by atoms with Crippen molar-refractivity contribution in [2.24, 2.45) is 10.9 Å². The second kappa shape index (κ2) is 3.66. The van der Waals surface area contributed by atoms with E-state index < -0.39 is 0 Å². The fourth-order valence-electron chi connectivity index (χ4n) is 2.12. The summed E-state index contributed by atoms with van der Waals surface area (Å²) >= 11 is 0. The summed E-state index contributed by atoms with van der Waals surface area (Å²) in [5.74, 6) is 2.17. The van der Waals surface area contributed by atoms with E-state index in [4.69, 9.17) is 0 Å². The van der Waals surface area contributed by atoms with Crippen molar-refractivity contribution in [1.82, 2.24) is 9.80 Å². The molecule has 2 aliphatic heterocycles. The molecule has 1 saturated heterocycles. The number of likely N-dealkylation sites (tertiary alicyclic amines) is 1. The number of rotatable bonds is 2. The van der Waals surface area contributed by atoms with Gasteiger partial charge in [-0.2, -0.15) is 0 Å². The molecule has 0 bridgehead atoms. The Labute approximate surface area is 80.4 Å². The third-order valence-corrected chi connectivity index (χ3v) is 3.04. The van der Waals surface area contributed by atoms with Crippen LogP contribution in [-0.4, -0.2) is 55.4 Å². The van der Waals surface area contributed by atoms with Crippen LogP contribution in [0.3, 0.4) is 0 Å². The van der Waals surface area contributed by atoms with Gasteiger partial charge in [0.2, 0.25) is 0 Å². The highest BCUT2D eigenvalue weighted by Crippen LogP contribution is 2.15. The van der Waals surface area contributed by atoms with Gasteiger partial charge >= 0.3 is 0 Å². The number of hydrogen-bond acceptors (Lipinski definition) is 3. The van der Waals surface area contributed by atoms with Crippen molar-refractivity contribution < 1.29 is 0 Å². The molecule has 0 spiro atoms. The fraction of sp³-hybridized carbons (Fsp3) is 0.900. The van der Waals surface area contributed by atoms with Gasteiger partial charge in [-0.25, -0.2) is 0 Å². The van der Waals surface area contributed by atoms with Gasteiger partial charge in [0.05, 0.1) is 13.1 Å². The van der Waals surface area contributed by atoms with E-state index in [2.05, 4.69) is 28.8 Å². The highest BCUT2D eigenvalue weighted by Gasteiger charge is 2.22. The van der Waals surface area contributed by atoms with Gasteiger partial charge in [0.15, 0.2) is 0 Å². The molecule has 2 rings (SSSR count). The molecule has 0 radical (unpaired) electrons. The molecule has 0 saturated carbocycles. The molecule has 0 aromatic carbocycles. The second-order valence-electron chi connectivity index (χ2n) is 4.35. The summed E-state index contributed by atoms with van der Waals surface area (Å²) in [5.41, 5.74) is 0. The molecule has 0 aromatic rings. The molecule has 3 heteroatoms. The summed E-state index contributed by atoms with van der Waals surface area (Å²) in [4.78, 5) is 9.31. The molecule has 1 atom stereocenters. The number of hydrogen-bond donors (Lipinski definition) is 0. The van der Waals surface area contributed by atoms with Gasteiger partial charge in [-0.15, -0.1) is 0 Å². The highest BCUT2D eigenvalue weighted by atomic mass is 15.3. The van der Waals surface area contributed by atoms with Crippen LogP contribution < -0.4 is 0 Å². The van der Waals surface area contributed by atoms with Crippen LogP contribution in [-0.2, 0) is 0 Å². The van der Waals surface area contributed by atoms with Gasteiger partial charge in [-0.3, -0.25) is 9.89 Å². The molecule has 0 aromatic heterocycles. The predicted octanol–water partition coefficient (Wildman–Crippen LogP) is 0.672.